The van der Waals surface area contributed by atoms with E-state index in [9.17, 15) is 14.0 Å². The molecule has 1 atom stereocenters. The van der Waals surface area contributed by atoms with Crippen LogP contribution in [-0.2, 0) is 17.6 Å². The number of carbonyl (C=O) groups is 2. The Labute approximate surface area is 233 Å². The van der Waals surface area contributed by atoms with Crippen LogP contribution in [0.4, 0.5) is 9.18 Å². The van der Waals surface area contributed by atoms with Crippen LogP contribution in [0, 0.1) is 5.82 Å². The van der Waals surface area contributed by atoms with Gasteiger partial charge in [-0.15, -0.1) is 0 Å². The van der Waals surface area contributed by atoms with Crippen LogP contribution in [0.1, 0.15) is 73.3 Å². The van der Waals surface area contributed by atoms with E-state index < -0.39 is 5.54 Å². The topological polar surface area (TPSA) is 75.6 Å². The molecule has 2 aliphatic rings. The number of nitrogens with zero attached hydrogens (tertiary/aromatic N) is 4. The fourth-order valence-electron chi connectivity index (χ4n) is 5.64. The summed E-state index contributed by atoms with van der Waals surface area (Å²) in [7, 11) is 0. The second kappa shape index (κ2) is 11.1. The molecule has 1 unspecified atom stereocenters. The summed E-state index contributed by atoms with van der Waals surface area (Å²) in [5.74, 6) is -0.324. The first-order chi connectivity index (χ1) is 18.7. The molecule has 9 heteroatoms. The smallest absolute Gasteiger partial charge is 0.409 e. The van der Waals surface area contributed by atoms with Crippen LogP contribution < -0.4 is 0 Å². The number of benzene rings is 1. The molecule has 2 amide bonds. The number of aromatic nitrogens is 2. The number of piperazine rings is 1. The number of amides is 2. The zero-order valence-corrected chi connectivity index (χ0v) is 23.4. The Kier molecular flexibility index (Phi) is 7.76. The molecule has 206 valence electrons. The Bertz CT molecular complexity index is 1400. The molecule has 1 aliphatic carbocycles. The Balaban J connectivity index is 1.36. The first-order valence-electron chi connectivity index (χ1n) is 13.6. The van der Waals surface area contributed by atoms with Crippen molar-refractivity contribution >= 4 is 34.5 Å². The van der Waals surface area contributed by atoms with Crippen molar-refractivity contribution in [2.75, 3.05) is 26.2 Å². The van der Waals surface area contributed by atoms with E-state index in [4.69, 9.17) is 21.3 Å². The van der Waals surface area contributed by atoms with Gasteiger partial charge in [0.15, 0.2) is 0 Å². The maximum absolute atomic E-state index is 13.7. The minimum Gasteiger partial charge on any atom is -0.449 e. The van der Waals surface area contributed by atoms with Crippen molar-refractivity contribution < 1.29 is 18.7 Å². The van der Waals surface area contributed by atoms with Gasteiger partial charge in [0, 0.05) is 47.9 Å². The van der Waals surface area contributed by atoms with E-state index in [1.54, 1.807) is 17.0 Å². The van der Waals surface area contributed by atoms with Gasteiger partial charge in [-0.2, -0.15) is 0 Å². The molecule has 7 nitrogen and oxygen atoms in total. The maximum Gasteiger partial charge on any atom is 0.409 e. The molecule has 0 spiro atoms. The second-order valence-corrected chi connectivity index (χ2v) is 11.5. The van der Waals surface area contributed by atoms with Crippen LogP contribution in [0.5, 0.6) is 0 Å². The molecule has 1 fully saturated rings. The molecule has 0 N–H and O–H groups in total. The lowest BCUT2D eigenvalue weighted by Gasteiger charge is -2.46. The van der Waals surface area contributed by atoms with Crippen molar-refractivity contribution in [1.29, 1.82) is 0 Å². The summed E-state index contributed by atoms with van der Waals surface area (Å²) in [4.78, 5) is 38.9. The van der Waals surface area contributed by atoms with Gasteiger partial charge in [-0.05, 0) is 69.4 Å². The normalized spacial score (nSPS) is 18.6. The van der Waals surface area contributed by atoms with Gasteiger partial charge in [0.1, 0.15) is 5.82 Å². The van der Waals surface area contributed by atoms with Crippen molar-refractivity contribution in [3.05, 3.63) is 69.9 Å². The van der Waals surface area contributed by atoms with Crippen molar-refractivity contribution in [1.82, 2.24) is 19.8 Å². The van der Waals surface area contributed by atoms with Gasteiger partial charge in [-0.3, -0.25) is 14.8 Å². The van der Waals surface area contributed by atoms with Crippen LogP contribution in [-0.4, -0.2) is 63.5 Å². The molecule has 3 aromatic rings. The van der Waals surface area contributed by atoms with Gasteiger partial charge in [0.25, 0.3) is 5.91 Å². The highest BCUT2D eigenvalue weighted by atomic mass is 35.5. The highest BCUT2D eigenvalue weighted by Gasteiger charge is 2.39. The average molecular weight is 553 g/mol. The monoisotopic (exact) mass is 552 g/mol. The standard InChI is InChI=1S/C30H34ClFN4O3/c1-4-5-14-39-29(38)35-12-13-36(30(2,3)18-35)28(37)20-7-10-23-26(16-20)34-25-15-19(6-9-22(25)27(23)31)24-11-8-21(32)17-33-24/h7-8,10-11,16-17,19H,4-6,9,12-15,18H2,1-3H3. The predicted molar refractivity (Wildman–Crippen MR) is 149 cm³/mol. The second-order valence-electron chi connectivity index (χ2n) is 11.1. The fraction of sp³-hybridized carbons (Fsp3) is 0.467. The zero-order valence-electron chi connectivity index (χ0n) is 22.7. The molecule has 0 radical (unpaired) electrons. The van der Waals surface area contributed by atoms with Gasteiger partial charge >= 0.3 is 6.09 Å². The summed E-state index contributed by atoms with van der Waals surface area (Å²) in [6, 6.07) is 8.66. The summed E-state index contributed by atoms with van der Waals surface area (Å²) in [5.41, 5.74) is 3.42. The number of unbranched alkanes of at least 4 members (excludes halogenated alkanes) is 1. The van der Waals surface area contributed by atoms with E-state index >= 15 is 0 Å². The van der Waals surface area contributed by atoms with Crippen molar-refractivity contribution in [2.45, 2.75) is 64.3 Å². The van der Waals surface area contributed by atoms with E-state index in [0.717, 1.165) is 48.0 Å². The highest BCUT2D eigenvalue weighted by Crippen LogP contribution is 2.38. The lowest BCUT2D eigenvalue weighted by Crippen LogP contribution is -2.62. The number of halogens is 2. The van der Waals surface area contributed by atoms with Crippen LogP contribution in [0.25, 0.3) is 10.9 Å². The van der Waals surface area contributed by atoms with Gasteiger partial charge in [0.05, 0.1) is 28.9 Å². The van der Waals surface area contributed by atoms with Gasteiger partial charge < -0.3 is 14.5 Å². The third kappa shape index (κ3) is 5.57. The van der Waals surface area contributed by atoms with Crippen LogP contribution in [0.15, 0.2) is 36.5 Å². The lowest BCUT2D eigenvalue weighted by atomic mass is 9.84. The molecule has 2 aromatic heterocycles. The van der Waals surface area contributed by atoms with Gasteiger partial charge in [-0.1, -0.05) is 31.0 Å². The molecular formula is C30H34ClFN4O3. The summed E-state index contributed by atoms with van der Waals surface area (Å²) in [5, 5.41) is 1.50. The number of pyridine rings is 2. The van der Waals surface area contributed by atoms with Gasteiger partial charge in [0.2, 0.25) is 0 Å². The maximum atomic E-state index is 13.7. The molecule has 0 saturated carbocycles. The van der Waals surface area contributed by atoms with Crippen molar-refractivity contribution in [3.63, 3.8) is 0 Å². The number of hydrogen-bond donors (Lipinski definition) is 0. The van der Waals surface area contributed by atoms with Crippen LogP contribution in [0.2, 0.25) is 5.02 Å². The lowest BCUT2D eigenvalue weighted by molar-refractivity contribution is 0.0134. The fourth-order valence-corrected chi connectivity index (χ4v) is 6.00. The summed E-state index contributed by atoms with van der Waals surface area (Å²) >= 11 is 6.84. The van der Waals surface area contributed by atoms with Crippen LogP contribution in [0.3, 0.4) is 0 Å². The third-order valence-electron chi connectivity index (χ3n) is 7.83. The summed E-state index contributed by atoms with van der Waals surface area (Å²) < 4.78 is 18.8. The SMILES string of the molecule is CCCCOC(=O)N1CCN(C(=O)c2ccc3c(Cl)c4c(nc3c2)CC(c2ccc(F)cn2)CC4)C(C)(C)C1. The van der Waals surface area contributed by atoms with Crippen LogP contribution >= 0.6 is 11.6 Å². The number of fused-ring (bicyclic) bond motifs is 2. The Morgan fingerprint density at radius 3 is 2.74 bits per heavy atom. The number of carbonyl (C=O) groups excluding carboxylic acids is 2. The quantitative estimate of drug-likeness (QED) is 0.354. The molecule has 1 aromatic carbocycles. The first-order valence-corrected chi connectivity index (χ1v) is 14.0. The van der Waals surface area contributed by atoms with E-state index in [2.05, 4.69) is 11.9 Å². The molecule has 39 heavy (non-hydrogen) atoms. The highest BCUT2D eigenvalue weighted by molar-refractivity contribution is 6.36. The first kappa shape index (κ1) is 27.3. The Morgan fingerprint density at radius 1 is 1.21 bits per heavy atom. The predicted octanol–water partition coefficient (Wildman–Crippen LogP) is 6.17. The number of hydrogen-bond acceptors (Lipinski definition) is 5. The van der Waals surface area contributed by atoms with E-state index in [0.29, 0.717) is 48.8 Å². The molecule has 1 saturated heterocycles. The molecule has 1 aliphatic heterocycles. The van der Waals surface area contributed by atoms with Gasteiger partial charge in [-0.25, -0.2) is 9.18 Å². The molecular weight excluding hydrogens is 519 g/mol. The van der Waals surface area contributed by atoms with E-state index in [-0.39, 0.29) is 23.7 Å². The van der Waals surface area contributed by atoms with Crippen molar-refractivity contribution in [2.24, 2.45) is 0 Å². The summed E-state index contributed by atoms with van der Waals surface area (Å²) in [6.45, 7) is 7.62. The number of rotatable bonds is 5. The minimum absolute atomic E-state index is 0.107. The Hall–Kier alpha value is -3.26. The molecule has 5 rings (SSSR count). The molecule has 0 bridgehead atoms. The van der Waals surface area contributed by atoms with E-state index in [1.807, 2.05) is 30.9 Å². The average Bonchev–Trinajstić information content (AvgIpc) is 2.92. The molecule has 3 heterocycles. The Morgan fingerprint density at radius 2 is 2.03 bits per heavy atom. The minimum atomic E-state index is -0.565. The van der Waals surface area contributed by atoms with E-state index in [1.165, 1.54) is 12.3 Å². The summed E-state index contributed by atoms with van der Waals surface area (Å²) in [6.07, 6.45) is 5.00. The largest absolute Gasteiger partial charge is 0.449 e. The van der Waals surface area contributed by atoms with Crippen molar-refractivity contribution in [3.8, 4) is 0 Å². The number of ether oxygens (including phenoxy) is 1. The third-order valence-corrected chi connectivity index (χ3v) is 8.26. The zero-order chi connectivity index (χ0) is 27.7.